The van der Waals surface area contributed by atoms with Crippen molar-refractivity contribution in [2.24, 2.45) is 17.6 Å². The predicted molar refractivity (Wildman–Crippen MR) is 146 cm³/mol. The van der Waals surface area contributed by atoms with Crippen LogP contribution in [0.25, 0.3) is 0 Å². The second kappa shape index (κ2) is 14.7. The van der Waals surface area contributed by atoms with Crippen molar-refractivity contribution in [1.82, 2.24) is 15.5 Å². The van der Waals surface area contributed by atoms with Crippen molar-refractivity contribution >= 4 is 11.9 Å². The lowest BCUT2D eigenvalue weighted by atomic mass is 9.74. The maximum absolute atomic E-state index is 13.4. The number of rotatable bonds is 13. The molecule has 1 aromatic carbocycles. The third-order valence-electron chi connectivity index (χ3n) is 8.31. The van der Waals surface area contributed by atoms with Crippen LogP contribution < -0.4 is 16.4 Å². The minimum absolute atomic E-state index is 0.0478. The molecule has 0 radical (unpaired) electrons. The first-order chi connectivity index (χ1) is 17.9. The zero-order valence-electron chi connectivity index (χ0n) is 22.8. The molecule has 3 atom stereocenters. The van der Waals surface area contributed by atoms with Crippen LogP contribution in [-0.4, -0.2) is 68.4 Å². The van der Waals surface area contributed by atoms with Crippen LogP contribution in [0.3, 0.4) is 0 Å². The molecule has 1 unspecified atom stereocenters. The van der Waals surface area contributed by atoms with E-state index in [9.17, 15) is 14.7 Å². The van der Waals surface area contributed by atoms with Gasteiger partial charge < -0.3 is 31.1 Å². The van der Waals surface area contributed by atoms with E-state index in [1.807, 2.05) is 18.0 Å². The summed E-state index contributed by atoms with van der Waals surface area (Å²) in [4.78, 5) is 27.1. The fraction of sp³-hybridized carbons (Fsp3) is 0.724. The highest BCUT2D eigenvalue weighted by Gasteiger charge is 2.41. The Kier molecular flexibility index (Phi) is 11.7. The summed E-state index contributed by atoms with van der Waals surface area (Å²) in [5.74, 6) is 0.0248. The molecule has 5 N–H and O–H groups in total. The van der Waals surface area contributed by atoms with Gasteiger partial charge in [0.2, 0.25) is 5.91 Å². The zero-order valence-corrected chi connectivity index (χ0v) is 22.8. The molecule has 8 nitrogen and oxygen atoms in total. The van der Waals surface area contributed by atoms with Crippen molar-refractivity contribution in [2.45, 2.75) is 82.3 Å². The van der Waals surface area contributed by atoms with E-state index in [1.165, 1.54) is 32.1 Å². The van der Waals surface area contributed by atoms with Gasteiger partial charge in [-0.2, -0.15) is 0 Å². The first-order valence-corrected chi connectivity index (χ1v) is 14.2. The Morgan fingerprint density at radius 3 is 2.68 bits per heavy atom. The molecule has 1 heterocycles. The largest absolute Gasteiger partial charge is 0.385 e. The number of hydrogen-bond donors (Lipinski definition) is 4. The summed E-state index contributed by atoms with van der Waals surface area (Å²) in [7, 11) is 3.61. The van der Waals surface area contributed by atoms with Crippen molar-refractivity contribution in [3.8, 4) is 0 Å². The molecule has 3 rings (SSSR count). The quantitative estimate of drug-likeness (QED) is 0.298. The fourth-order valence-electron chi connectivity index (χ4n) is 6.25. The molecule has 2 fully saturated rings. The fourth-order valence-corrected chi connectivity index (χ4v) is 6.25. The summed E-state index contributed by atoms with van der Waals surface area (Å²) in [6.45, 7) is 2.54. The third-order valence-corrected chi connectivity index (χ3v) is 8.31. The van der Waals surface area contributed by atoms with Crippen LogP contribution in [0.2, 0.25) is 0 Å². The van der Waals surface area contributed by atoms with Gasteiger partial charge in [-0.3, -0.25) is 4.79 Å². The number of carbonyl (C=O) groups is 2. The van der Waals surface area contributed by atoms with E-state index >= 15 is 0 Å². The highest BCUT2D eigenvalue weighted by Crippen LogP contribution is 2.40. The third kappa shape index (κ3) is 8.42. The topological polar surface area (TPSA) is 117 Å². The molecule has 1 aromatic rings. The number of piperidine rings is 1. The SMILES string of the molecule is CNCC(CC1CCCCC1)NC(=O)N1CCC[C@@H]([C@@](O)(CCCCOC)c2cccc(C(N)=O)c2)C1. The average Bonchev–Trinajstić information content (AvgIpc) is 2.92. The number of nitrogens with zero attached hydrogens (tertiary/aromatic N) is 1. The molecule has 0 bridgehead atoms. The monoisotopic (exact) mass is 516 g/mol. The molecule has 0 aromatic heterocycles. The summed E-state index contributed by atoms with van der Waals surface area (Å²) in [6.07, 6.45) is 11.2. The first kappa shape index (κ1) is 29.4. The van der Waals surface area contributed by atoms with Crippen LogP contribution in [0.4, 0.5) is 4.79 Å². The van der Waals surface area contributed by atoms with Crippen LogP contribution in [0.1, 0.15) is 86.6 Å². The van der Waals surface area contributed by atoms with Gasteiger partial charge >= 0.3 is 6.03 Å². The van der Waals surface area contributed by atoms with E-state index in [0.717, 1.165) is 38.6 Å². The van der Waals surface area contributed by atoms with Gasteiger partial charge in [-0.15, -0.1) is 0 Å². The number of nitrogens with two attached hydrogens (primary N) is 1. The molecule has 1 aliphatic carbocycles. The van der Waals surface area contributed by atoms with Crippen molar-refractivity contribution < 1.29 is 19.4 Å². The number of aliphatic hydroxyl groups is 1. The van der Waals surface area contributed by atoms with Crippen LogP contribution in [0, 0.1) is 11.8 Å². The van der Waals surface area contributed by atoms with Crippen LogP contribution in [-0.2, 0) is 10.3 Å². The smallest absolute Gasteiger partial charge is 0.317 e. The molecule has 0 spiro atoms. The Hall–Kier alpha value is -2.16. The Labute approximate surface area is 222 Å². The summed E-state index contributed by atoms with van der Waals surface area (Å²) < 4.78 is 5.21. The molecule has 8 heteroatoms. The van der Waals surface area contributed by atoms with E-state index in [2.05, 4.69) is 10.6 Å². The van der Waals surface area contributed by atoms with Gasteiger partial charge in [0, 0.05) is 50.9 Å². The van der Waals surface area contributed by atoms with Gasteiger partial charge in [0.15, 0.2) is 0 Å². The standard InChI is InChI=1S/C29H48N4O4/c1-31-20-26(18-22-10-4-3-5-11-22)32-28(35)33-16-9-14-25(21-33)29(36,15-6-7-17-37-2)24-13-8-12-23(19-24)27(30)34/h8,12-13,19,22,25-26,31,36H,3-7,9-11,14-18,20-21H2,1-2H3,(H2,30,34)(H,32,35)/t25-,26?,29-/m1/s1. The number of likely N-dealkylation sites (tertiary alicyclic amines) is 1. The maximum atomic E-state index is 13.4. The molecule has 1 saturated heterocycles. The highest BCUT2D eigenvalue weighted by molar-refractivity contribution is 5.92. The maximum Gasteiger partial charge on any atom is 0.317 e. The van der Waals surface area contributed by atoms with E-state index in [0.29, 0.717) is 43.2 Å². The molecular weight excluding hydrogens is 468 g/mol. The number of nitrogens with one attached hydrogen (secondary N) is 2. The highest BCUT2D eigenvalue weighted by atomic mass is 16.5. The summed E-state index contributed by atoms with van der Waals surface area (Å²) in [5, 5.41) is 18.7. The van der Waals surface area contributed by atoms with Gasteiger partial charge in [0.25, 0.3) is 0 Å². The van der Waals surface area contributed by atoms with E-state index in [4.69, 9.17) is 10.5 Å². The van der Waals surface area contributed by atoms with Gasteiger partial charge in [-0.1, -0.05) is 44.2 Å². The average molecular weight is 517 g/mol. The van der Waals surface area contributed by atoms with E-state index in [-0.39, 0.29) is 18.0 Å². The van der Waals surface area contributed by atoms with Gasteiger partial charge in [0.05, 0.1) is 5.60 Å². The lowest BCUT2D eigenvalue weighted by Crippen LogP contribution is -2.54. The number of unbranched alkanes of at least 4 members (excludes halogenated alkanes) is 1. The predicted octanol–water partition coefficient (Wildman–Crippen LogP) is 3.77. The Bertz CT molecular complexity index is 860. The minimum atomic E-state index is -1.16. The first-order valence-electron chi connectivity index (χ1n) is 14.2. The zero-order chi connectivity index (χ0) is 26.7. The number of ether oxygens (including phenoxy) is 1. The minimum Gasteiger partial charge on any atom is -0.385 e. The van der Waals surface area contributed by atoms with Gasteiger partial charge in [0.1, 0.15) is 0 Å². The molecule has 37 heavy (non-hydrogen) atoms. The summed E-state index contributed by atoms with van der Waals surface area (Å²) in [5.41, 5.74) is 5.46. The van der Waals surface area contributed by atoms with Crippen molar-refractivity contribution in [2.75, 3.05) is 40.4 Å². The number of urea groups is 1. The normalized spacial score (nSPS) is 21.3. The lowest BCUT2D eigenvalue weighted by Gasteiger charge is -2.43. The number of carbonyl (C=O) groups excluding carboxylic acids is 2. The number of methoxy groups -OCH3 is 1. The molecule has 3 amide bonds. The number of benzene rings is 1. The van der Waals surface area contributed by atoms with Crippen LogP contribution in [0.15, 0.2) is 24.3 Å². The molecular formula is C29H48N4O4. The number of hydrogen-bond acceptors (Lipinski definition) is 5. The molecule has 1 saturated carbocycles. The Morgan fingerprint density at radius 1 is 1.19 bits per heavy atom. The number of amides is 3. The molecule has 2 aliphatic rings. The number of likely N-dealkylation sites (N-methyl/N-ethyl adjacent to an activating group) is 1. The Balaban J connectivity index is 1.72. The van der Waals surface area contributed by atoms with Crippen LogP contribution >= 0.6 is 0 Å². The van der Waals surface area contributed by atoms with Crippen molar-refractivity contribution in [3.05, 3.63) is 35.4 Å². The molecule has 208 valence electrons. The summed E-state index contributed by atoms with van der Waals surface area (Å²) >= 11 is 0. The van der Waals surface area contributed by atoms with Crippen molar-refractivity contribution in [1.29, 1.82) is 0 Å². The van der Waals surface area contributed by atoms with Gasteiger partial charge in [-0.05, 0) is 69.2 Å². The lowest BCUT2D eigenvalue weighted by molar-refractivity contribution is -0.0564. The molecule has 1 aliphatic heterocycles. The summed E-state index contributed by atoms with van der Waals surface area (Å²) in [6, 6.07) is 7.08. The number of primary amides is 1. The second-order valence-electron chi connectivity index (χ2n) is 11.0. The second-order valence-corrected chi connectivity index (χ2v) is 11.0. The van der Waals surface area contributed by atoms with E-state index < -0.39 is 11.5 Å². The van der Waals surface area contributed by atoms with Gasteiger partial charge in [-0.25, -0.2) is 4.79 Å². The van der Waals surface area contributed by atoms with E-state index in [1.54, 1.807) is 25.3 Å². The van der Waals surface area contributed by atoms with Crippen LogP contribution in [0.5, 0.6) is 0 Å². The Morgan fingerprint density at radius 2 is 1.97 bits per heavy atom. The van der Waals surface area contributed by atoms with Crippen molar-refractivity contribution in [3.63, 3.8) is 0 Å².